The molecule has 213 valence electrons. The van der Waals surface area contributed by atoms with Crippen LogP contribution < -0.4 is 15.3 Å². The molecular formula is C21H39CrN2O11Si2. The SMILES string of the molecule is CN(C)[Si](C)=O.CN(C)[Si](C)=O.O=C([O-])C1CCCO1.O=C([O-])C1CCCO1.O=C([O-])C1CCCO1.[Cr+3]. The zero-order valence-corrected chi connectivity index (χ0v) is 25.7. The number of ether oxygens (including phenoxy) is 3. The first-order chi connectivity index (χ1) is 16.7. The van der Waals surface area contributed by atoms with Crippen LogP contribution in [0.5, 0.6) is 0 Å². The summed E-state index contributed by atoms with van der Waals surface area (Å²) in [6, 6.07) is 0. The Morgan fingerprint density at radius 1 is 0.622 bits per heavy atom. The van der Waals surface area contributed by atoms with Crippen LogP contribution >= 0.6 is 0 Å². The molecule has 1 radical (unpaired) electrons. The molecule has 3 atom stereocenters. The Bertz CT molecular complexity index is 602. The average molecular weight is 604 g/mol. The summed E-state index contributed by atoms with van der Waals surface area (Å²) in [4.78, 5) is 29.9. The maximum absolute atomic E-state index is 10.3. The first kappa shape index (κ1) is 40.0. The quantitative estimate of drug-likeness (QED) is 0.288. The van der Waals surface area contributed by atoms with Gasteiger partial charge in [0, 0.05) is 19.8 Å². The molecule has 0 aromatic rings. The van der Waals surface area contributed by atoms with Crippen LogP contribution in [0.25, 0.3) is 0 Å². The summed E-state index contributed by atoms with van der Waals surface area (Å²) in [6.45, 7) is 5.13. The van der Waals surface area contributed by atoms with Crippen molar-refractivity contribution >= 4 is 35.6 Å². The Hall–Kier alpha value is -1.54. The van der Waals surface area contributed by atoms with Gasteiger partial charge in [-0.15, -0.1) is 0 Å². The van der Waals surface area contributed by atoms with Crippen molar-refractivity contribution in [2.24, 2.45) is 0 Å². The summed E-state index contributed by atoms with van der Waals surface area (Å²) in [6.07, 6.45) is 2.49. The maximum Gasteiger partial charge on any atom is 3.00 e. The van der Waals surface area contributed by atoms with Gasteiger partial charge in [-0.2, -0.15) is 0 Å². The predicted molar refractivity (Wildman–Crippen MR) is 124 cm³/mol. The Labute approximate surface area is 232 Å². The Kier molecular flexibility index (Phi) is 25.4. The molecule has 0 aromatic carbocycles. The van der Waals surface area contributed by atoms with Crippen molar-refractivity contribution in [3.8, 4) is 0 Å². The number of carbonyl (C=O) groups is 3. The van der Waals surface area contributed by atoms with Gasteiger partial charge in [0.05, 0.1) is 36.2 Å². The molecule has 3 aliphatic heterocycles. The topological polar surface area (TPSA) is 189 Å². The second kappa shape index (κ2) is 23.6. The molecule has 0 saturated carbocycles. The molecule has 16 heteroatoms. The molecule has 3 heterocycles. The van der Waals surface area contributed by atoms with Crippen LogP contribution in [0.1, 0.15) is 38.5 Å². The first-order valence-corrected chi connectivity index (χ1v) is 15.2. The van der Waals surface area contributed by atoms with Crippen LogP contribution in [0.2, 0.25) is 13.1 Å². The third-order valence-electron chi connectivity index (χ3n) is 4.84. The van der Waals surface area contributed by atoms with Gasteiger partial charge in [0.25, 0.3) is 0 Å². The monoisotopic (exact) mass is 603 g/mol. The fourth-order valence-electron chi connectivity index (χ4n) is 2.29. The number of nitrogens with zero attached hydrogens (tertiary/aromatic N) is 2. The molecule has 3 saturated heterocycles. The van der Waals surface area contributed by atoms with Crippen molar-refractivity contribution in [3.63, 3.8) is 0 Å². The van der Waals surface area contributed by atoms with E-state index in [1.807, 2.05) is 0 Å². The van der Waals surface area contributed by atoms with Gasteiger partial charge in [-0.1, -0.05) is 0 Å². The molecule has 0 bridgehead atoms. The molecule has 0 aromatic heterocycles. The summed E-state index contributed by atoms with van der Waals surface area (Å²) in [5, 5.41) is 29.9. The largest absolute Gasteiger partial charge is 3.00 e. The number of hydrogen-bond donors (Lipinski definition) is 0. The number of aliphatic carboxylic acids is 3. The maximum atomic E-state index is 10.3. The normalized spacial score (nSPS) is 20.9. The van der Waals surface area contributed by atoms with E-state index in [1.54, 1.807) is 50.4 Å². The zero-order chi connectivity index (χ0) is 28.3. The van der Waals surface area contributed by atoms with Crippen molar-refractivity contribution in [1.29, 1.82) is 0 Å². The van der Waals surface area contributed by atoms with Gasteiger partial charge in [0.2, 0.25) is 0 Å². The molecule has 37 heavy (non-hydrogen) atoms. The van der Waals surface area contributed by atoms with E-state index in [1.165, 1.54) is 0 Å². The molecule has 0 N–H and O–H groups in total. The molecular weight excluding hydrogens is 564 g/mol. The van der Waals surface area contributed by atoms with E-state index in [9.17, 15) is 38.6 Å². The van der Waals surface area contributed by atoms with Crippen molar-refractivity contribution in [2.45, 2.75) is 69.9 Å². The molecule has 0 aliphatic carbocycles. The standard InChI is InChI=1S/3C5H8O3.2C3H9NOSi.Cr/c3*6-5(7)4-2-1-3-8-4;2*1-4(2)6(3)5;/h3*4H,1-3H2,(H,6,7);2*1-3H3;/q;;;;;+3/p-3. The van der Waals surface area contributed by atoms with Gasteiger partial charge in [0.1, 0.15) is 0 Å². The van der Waals surface area contributed by atoms with Gasteiger partial charge in [-0.25, -0.2) is 0 Å². The third kappa shape index (κ3) is 23.3. The molecule has 0 spiro atoms. The summed E-state index contributed by atoms with van der Waals surface area (Å²) in [7, 11) is 4.49. The van der Waals surface area contributed by atoms with Crippen molar-refractivity contribution < 1.29 is 70.2 Å². The van der Waals surface area contributed by atoms with Crippen LogP contribution in [-0.4, -0.2) is 111 Å². The van der Waals surface area contributed by atoms with E-state index in [0.29, 0.717) is 39.1 Å². The van der Waals surface area contributed by atoms with E-state index >= 15 is 0 Å². The Morgan fingerprint density at radius 3 is 0.865 bits per heavy atom. The fourth-order valence-corrected chi connectivity index (χ4v) is 2.29. The second-order valence-corrected chi connectivity index (χ2v) is 12.2. The van der Waals surface area contributed by atoms with Gasteiger partial charge in [0.15, 0.2) is 0 Å². The van der Waals surface area contributed by atoms with Crippen molar-refractivity contribution in [2.75, 3.05) is 48.0 Å². The van der Waals surface area contributed by atoms with Crippen LogP contribution in [0.3, 0.4) is 0 Å². The first-order valence-electron chi connectivity index (χ1n) is 11.5. The Balaban J connectivity index is -0.000000391. The molecule has 3 aliphatic rings. The molecule has 3 unspecified atom stereocenters. The molecule has 13 nitrogen and oxygen atoms in total. The van der Waals surface area contributed by atoms with Crippen LogP contribution in [-0.2, 0) is 54.9 Å². The molecule has 0 amide bonds. The second-order valence-electron chi connectivity index (χ2n) is 8.29. The summed E-state index contributed by atoms with van der Waals surface area (Å²) in [5.74, 6) is -3.24. The van der Waals surface area contributed by atoms with Gasteiger partial charge >= 0.3 is 35.1 Å². The summed E-state index contributed by atoms with van der Waals surface area (Å²) >= 11 is 0. The van der Waals surface area contributed by atoms with E-state index in [2.05, 4.69) is 0 Å². The molecule has 3 rings (SSSR count). The van der Waals surface area contributed by atoms with Crippen molar-refractivity contribution in [1.82, 2.24) is 9.13 Å². The van der Waals surface area contributed by atoms with Gasteiger partial charge in [-0.3, -0.25) is 0 Å². The average Bonchev–Trinajstić information content (AvgIpc) is 3.59. The van der Waals surface area contributed by atoms with Crippen LogP contribution in [0, 0.1) is 0 Å². The van der Waals surface area contributed by atoms with Gasteiger partial charge < -0.3 is 62.0 Å². The minimum Gasteiger partial charge on any atom is -0.547 e. The number of carbonyl (C=O) groups excluding carboxylic acids is 3. The fraction of sp³-hybridized carbons (Fsp3) is 0.857. The minimum atomic E-state index is -1.37. The van der Waals surface area contributed by atoms with E-state index in [-0.39, 0.29) is 17.4 Å². The zero-order valence-electron chi connectivity index (χ0n) is 22.4. The van der Waals surface area contributed by atoms with E-state index in [4.69, 9.17) is 14.2 Å². The van der Waals surface area contributed by atoms with Crippen LogP contribution in [0.4, 0.5) is 0 Å². The number of rotatable bonds is 5. The van der Waals surface area contributed by atoms with Crippen molar-refractivity contribution in [3.05, 3.63) is 0 Å². The number of carboxylic acids is 3. The third-order valence-corrected chi connectivity index (χ3v) is 7.36. The smallest absolute Gasteiger partial charge is 0.547 e. The summed E-state index contributed by atoms with van der Waals surface area (Å²) in [5.41, 5.74) is 0. The predicted octanol–water partition coefficient (Wildman–Crippen LogP) is -3.06. The summed E-state index contributed by atoms with van der Waals surface area (Å²) < 4.78 is 38.2. The van der Waals surface area contributed by atoms with E-state index in [0.717, 1.165) is 19.3 Å². The number of carboxylic acid groups (broad SMARTS) is 3. The van der Waals surface area contributed by atoms with Gasteiger partial charge in [-0.05, 0) is 79.8 Å². The minimum absolute atomic E-state index is 0. The van der Waals surface area contributed by atoms with E-state index < -0.39 is 53.9 Å². The Morgan fingerprint density at radius 2 is 0.811 bits per heavy atom. The molecule has 3 fully saturated rings. The number of hydrogen-bond acceptors (Lipinski definition) is 11. The van der Waals surface area contributed by atoms with Crippen LogP contribution in [0.15, 0.2) is 0 Å².